The zero-order valence-corrected chi connectivity index (χ0v) is 8.46. The number of allylic oxidation sites excluding steroid dienone is 6. The second-order valence-electron chi connectivity index (χ2n) is 3.29. The Labute approximate surface area is 84.1 Å². The largest absolute Gasteiger partial charge is 0.119 e. The Morgan fingerprint density at radius 3 is 2.85 bits per heavy atom. The Morgan fingerprint density at radius 1 is 1.15 bits per heavy atom. The van der Waals surface area contributed by atoms with Crippen LogP contribution in [0.1, 0.15) is 19.3 Å². The minimum atomic E-state index is 0.652. The third-order valence-corrected chi connectivity index (χ3v) is 3.42. The molecule has 0 radical (unpaired) electrons. The summed E-state index contributed by atoms with van der Waals surface area (Å²) in [5, 5.41) is 0.652. The molecule has 2 aliphatic rings. The van der Waals surface area contributed by atoms with Gasteiger partial charge in [-0.3, -0.25) is 0 Å². The molecule has 2 aliphatic carbocycles. The predicted octanol–water partition coefficient (Wildman–Crippen LogP) is 3.84. The molecule has 0 aromatic carbocycles. The maximum Gasteiger partial charge on any atom is 0.0311 e. The fourth-order valence-corrected chi connectivity index (χ4v) is 2.61. The second-order valence-corrected chi connectivity index (χ2v) is 4.60. The molecule has 0 fully saturated rings. The molecule has 2 rings (SSSR count). The minimum absolute atomic E-state index is 0.652. The van der Waals surface area contributed by atoms with Gasteiger partial charge in [0.1, 0.15) is 0 Å². The highest BCUT2D eigenvalue weighted by Gasteiger charge is 2.08. The van der Waals surface area contributed by atoms with Gasteiger partial charge in [-0.25, -0.2) is 0 Å². The van der Waals surface area contributed by atoms with Gasteiger partial charge in [-0.1, -0.05) is 42.5 Å². The van der Waals surface area contributed by atoms with E-state index < -0.39 is 0 Å². The van der Waals surface area contributed by atoms with Crippen LogP contribution < -0.4 is 0 Å². The van der Waals surface area contributed by atoms with Gasteiger partial charge in [0.05, 0.1) is 0 Å². The summed E-state index contributed by atoms with van der Waals surface area (Å²) in [7, 11) is 0. The fourth-order valence-electron chi connectivity index (χ4n) is 1.50. The fraction of sp³-hybridized carbons (Fsp3) is 0.333. The van der Waals surface area contributed by atoms with E-state index >= 15 is 0 Å². The van der Waals surface area contributed by atoms with Crippen molar-refractivity contribution in [3.63, 3.8) is 0 Å². The lowest BCUT2D eigenvalue weighted by molar-refractivity contribution is 1.03. The van der Waals surface area contributed by atoms with E-state index in [9.17, 15) is 0 Å². The van der Waals surface area contributed by atoms with Crippen molar-refractivity contribution in [2.24, 2.45) is 0 Å². The third kappa shape index (κ3) is 2.63. The molecule has 0 aromatic heterocycles. The standard InChI is InChI=1S/C12H14S/c1-3-7-11(8-4-1)13-12-9-5-2-6-10-12/h1,3-5,7,9-11H,2,6,8H2. The minimum Gasteiger partial charge on any atom is -0.119 e. The maximum absolute atomic E-state index is 2.34. The molecular formula is C12H14S. The highest BCUT2D eigenvalue weighted by molar-refractivity contribution is 8.04. The molecule has 0 saturated carbocycles. The molecule has 1 heteroatoms. The molecule has 68 valence electrons. The van der Waals surface area contributed by atoms with Crippen molar-refractivity contribution in [1.82, 2.24) is 0 Å². The van der Waals surface area contributed by atoms with Crippen molar-refractivity contribution in [1.29, 1.82) is 0 Å². The zero-order valence-electron chi connectivity index (χ0n) is 7.65. The first kappa shape index (κ1) is 8.89. The first-order valence-corrected chi connectivity index (χ1v) is 5.70. The van der Waals surface area contributed by atoms with Crippen molar-refractivity contribution in [2.75, 3.05) is 0 Å². The molecule has 0 amide bonds. The van der Waals surface area contributed by atoms with Crippen LogP contribution in [0.3, 0.4) is 0 Å². The summed E-state index contributed by atoms with van der Waals surface area (Å²) in [6, 6.07) is 0. The van der Waals surface area contributed by atoms with Crippen molar-refractivity contribution in [2.45, 2.75) is 24.5 Å². The Balaban J connectivity index is 1.90. The first-order valence-electron chi connectivity index (χ1n) is 4.82. The van der Waals surface area contributed by atoms with Crippen LogP contribution in [-0.4, -0.2) is 5.25 Å². The molecule has 1 atom stereocenters. The molecule has 0 aromatic rings. The summed E-state index contributed by atoms with van der Waals surface area (Å²) in [6.07, 6.45) is 19.3. The lowest BCUT2D eigenvalue weighted by atomic mass is 10.2. The Morgan fingerprint density at radius 2 is 2.15 bits per heavy atom. The summed E-state index contributed by atoms with van der Waals surface area (Å²) >= 11 is 1.98. The van der Waals surface area contributed by atoms with Crippen LogP contribution in [0, 0.1) is 0 Å². The monoisotopic (exact) mass is 190 g/mol. The highest BCUT2D eigenvalue weighted by atomic mass is 32.2. The Bertz CT molecular complexity index is 281. The van der Waals surface area contributed by atoms with E-state index in [1.54, 1.807) is 0 Å². The van der Waals surface area contributed by atoms with E-state index in [-0.39, 0.29) is 0 Å². The van der Waals surface area contributed by atoms with E-state index in [0.29, 0.717) is 5.25 Å². The third-order valence-electron chi connectivity index (χ3n) is 2.19. The summed E-state index contributed by atoms with van der Waals surface area (Å²) < 4.78 is 0. The van der Waals surface area contributed by atoms with Gasteiger partial charge in [0.25, 0.3) is 0 Å². The van der Waals surface area contributed by atoms with E-state index in [1.807, 2.05) is 11.8 Å². The second kappa shape index (κ2) is 4.52. The summed E-state index contributed by atoms with van der Waals surface area (Å²) in [5.74, 6) is 0. The van der Waals surface area contributed by atoms with Gasteiger partial charge in [-0.2, -0.15) is 0 Å². The molecular weight excluding hydrogens is 176 g/mol. The SMILES string of the molecule is C1=CCC(SC2=CCCC=C2)C=C1. The summed E-state index contributed by atoms with van der Waals surface area (Å²) in [4.78, 5) is 1.44. The van der Waals surface area contributed by atoms with Crippen LogP contribution in [0.15, 0.2) is 47.4 Å². The van der Waals surface area contributed by atoms with Gasteiger partial charge in [0.15, 0.2) is 0 Å². The molecule has 0 spiro atoms. The van der Waals surface area contributed by atoms with E-state index in [2.05, 4.69) is 42.5 Å². The molecule has 0 saturated heterocycles. The van der Waals surface area contributed by atoms with Gasteiger partial charge in [-0.05, 0) is 19.3 Å². The van der Waals surface area contributed by atoms with Crippen LogP contribution >= 0.6 is 11.8 Å². The predicted molar refractivity (Wildman–Crippen MR) is 60.7 cm³/mol. The maximum atomic E-state index is 2.34. The van der Waals surface area contributed by atoms with Crippen LogP contribution in [0.25, 0.3) is 0 Å². The molecule has 1 unspecified atom stereocenters. The van der Waals surface area contributed by atoms with Crippen molar-refractivity contribution < 1.29 is 0 Å². The number of hydrogen-bond donors (Lipinski definition) is 0. The molecule has 0 bridgehead atoms. The average Bonchev–Trinajstić information content (AvgIpc) is 2.21. The van der Waals surface area contributed by atoms with Gasteiger partial charge in [0, 0.05) is 10.2 Å². The van der Waals surface area contributed by atoms with Crippen molar-refractivity contribution in [3.05, 3.63) is 47.4 Å². The number of hydrogen-bond acceptors (Lipinski definition) is 1. The molecule has 0 N–H and O–H groups in total. The van der Waals surface area contributed by atoms with Gasteiger partial charge < -0.3 is 0 Å². The van der Waals surface area contributed by atoms with Crippen molar-refractivity contribution >= 4 is 11.8 Å². The van der Waals surface area contributed by atoms with E-state index in [1.165, 1.54) is 24.2 Å². The molecule has 0 nitrogen and oxygen atoms in total. The zero-order chi connectivity index (χ0) is 8.93. The molecule has 0 heterocycles. The van der Waals surface area contributed by atoms with Gasteiger partial charge in [0.2, 0.25) is 0 Å². The topological polar surface area (TPSA) is 0 Å². The normalized spacial score (nSPS) is 26.2. The lowest BCUT2D eigenvalue weighted by Crippen LogP contribution is -1.99. The van der Waals surface area contributed by atoms with E-state index in [4.69, 9.17) is 0 Å². The number of thioether (sulfide) groups is 1. The van der Waals surface area contributed by atoms with Gasteiger partial charge >= 0.3 is 0 Å². The average molecular weight is 190 g/mol. The van der Waals surface area contributed by atoms with Crippen LogP contribution in [0.5, 0.6) is 0 Å². The first-order chi connectivity index (χ1) is 6.45. The quantitative estimate of drug-likeness (QED) is 0.637. The van der Waals surface area contributed by atoms with Gasteiger partial charge in [-0.15, -0.1) is 11.8 Å². The van der Waals surface area contributed by atoms with Crippen LogP contribution in [-0.2, 0) is 0 Å². The molecule has 13 heavy (non-hydrogen) atoms. The number of rotatable bonds is 2. The smallest absolute Gasteiger partial charge is 0.0311 e. The molecule has 0 aliphatic heterocycles. The Kier molecular flexibility index (Phi) is 3.09. The van der Waals surface area contributed by atoms with Crippen LogP contribution in [0.4, 0.5) is 0 Å². The lowest BCUT2D eigenvalue weighted by Gasteiger charge is -2.14. The summed E-state index contributed by atoms with van der Waals surface area (Å²) in [5.41, 5.74) is 0. The summed E-state index contributed by atoms with van der Waals surface area (Å²) in [6.45, 7) is 0. The van der Waals surface area contributed by atoms with Crippen molar-refractivity contribution in [3.8, 4) is 0 Å². The van der Waals surface area contributed by atoms with E-state index in [0.717, 1.165) is 0 Å². The Hall–Kier alpha value is -0.690. The highest BCUT2D eigenvalue weighted by Crippen LogP contribution is 2.30. The van der Waals surface area contributed by atoms with Crippen LogP contribution in [0.2, 0.25) is 0 Å².